The Bertz CT molecular complexity index is 1270. The zero-order valence-electron chi connectivity index (χ0n) is 18.3. The Morgan fingerprint density at radius 3 is 2.41 bits per heavy atom. The van der Waals surface area contributed by atoms with Gasteiger partial charge in [0.15, 0.2) is 5.60 Å². The second-order valence-electron chi connectivity index (χ2n) is 8.25. The molecule has 11 heteroatoms. The smallest absolute Gasteiger partial charge is 0.489 e. The highest BCUT2D eigenvalue weighted by atomic mass is 19.4. The van der Waals surface area contributed by atoms with Crippen molar-refractivity contribution in [3.05, 3.63) is 66.6 Å². The van der Waals surface area contributed by atoms with E-state index in [0.717, 1.165) is 11.4 Å². The molecule has 0 saturated carbocycles. The Hall–Kier alpha value is -4.02. The normalized spacial score (nSPS) is 17.3. The van der Waals surface area contributed by atoms with Gasteiger partial charge in [-0.2, -0.15) is 0 Å². The molecule has 1 unspecified atom stereocenters. The van der Waals surface area contributed by atoms with E-state index in [9.17, 15) is 13.2 Å². The molecular formula is C23H20F3N5O3. The van der Waals surface area contributed by atoms with E-state index in [4.69, 9.17) is 9.47 Å². The molecule has 2 aromatic carbocycles. The third-order valence-corrected chi connectivity index (χ3v) is 5.23. The van der Waals surface area contributed by atoms with Crippen molar-refractivity contribution in [2.75, 3.05) is 6.61 Å². The lowest BCUT2D eigenvalue weighted by atomic mass is 10.1. The number of aryl methyl sites for hydroxylation is 1. The van der Waals surface area contributed by atoms with Crippen LogP contribution in [0.25, 0.3) is 16.9 Å². The number of imidazole rings is 1. The van der Waals surface area contributed by atoms with Crippen LogP contribution in [0.1, 0.15) is 12.6 Å². The summed E-state index contributed by atoms with van der Waals surface area (Å²) in [7, 11) is 0. The Labute approximate surface area is 192 Å². The van der Waals surface area contributed by atoms with E-state index in [-0.39, 0.29) is 5.75 Å². The Kier molecular flexibility index (Phi) is 5.18. The third kappa shape index (κ3) is 4.68. The fourth-order valence-electron chi connectivity index (χ4n) is 3.69. The van der Waals surface area contributed by atoms with Crippen LogP contribution in [0.2, 0.25) is 0 Å². The summed E-state index contributed by atoms with van der Waals surface area (Å²) < 4.78 is 56.3. The van der Waals surface area contributed by atoms with Crippen molar-refractivity contribution in [1.29, 1.82) is 0 Å². The molecule has 176 valence electrons. The number of hydrogen-bond acceptors (Lipinski definition) is 6. The van der Waals surface area contributed by atoms with Crippen LogP contribution < -0.4 is 14.2 Å². The van der Waals surface area contributed by atoms with Gasteiger partial charge in [0.05, 0.1) is 24.1 Å². The minimum Gasteiger partial charge on any atom is -0.489 e. The molecule has 0 amide bonds. The van der Waals surface area contributed by atoms with Gasteiger partial charge in [-0.3, -0.25) is 4.57 Å². The van der Waals surface area contributed by atoms with Gasteiger partial charge >= 0.3 is 6.36 Å². The molecule has 8 nitrogen and oxygen atoms in total. The topological polar surface area (TPSA) is 76.2 Å². The van der Waals surface area contributed by atoms with E-state index in [2.05, 4.69) is 20.0 Å². The summed E-state index contributed by atoms with van der Waals surface area (Å²) in [4.78, 5) is 4.35. The van der Waals surface area contributed by atoms with E-state index in [1.807, 2.05) is 48.9 Å². The molecule has 34 heavy (non-hydrogen) atoms. The second kappa shape index (κ2) is 8.08. The largest absolute Gasteiger partial charge is 0.573 e. The number of fused-ring (bicyclic) bond motifs is 1. The highest BCUT2D eigenvalue weighted by Crippen LogP contribution is 2.30. The van der Waals surface area contributed by atoms with Crippen molar-refractivity contribution < 1.29 is 27.4 Å². The lowest BCUT2D eigenvalue weighted by Gasteiger charge is -2.22. The number of halogens is 3. The molecule has 0 N–H and O–H groups in total. The van der Waals surface area contributed by atoms with Gasteiger partial charge in [0, 0.05) is 11.8 Å². The van der Waals surface area contributed by atoms with E-state index in [1.54, 1.807) is 10.9 Å². The third-order valence-electron chi connectivity index (χ3n) is 5.23. The molecule has 0 fully saturated rings. The van der Waals surface area contributed by atoms with Crippen LogP contribution in [0, 0.1) is 6.92 Å². The van der Waals surface area contributed by atoms with Crippen LogP contribution >= 0.6 is 0 Å². The number of nitrogens with zero attached hydrogens (tertiary/aromatic N) is 5. The standard InChI is InChI=1S/C23H20F3N5O3/c1-15-11-30-13-22(2,34-21(30)27-15)14-32-18-9-5-17(6-10-18)31-12-20(28-29-31)16-3-7-19(8-4-16)33-23(24,25)26/h3-12H,13-14H2,1-2H3. The Morgan fingerprint density at radius 1 is 1.03 bits per heavy atom. The van der Waals surface area contributed by atoms with Crippen molar-refractivity contribution in [3.8, 4) is 34.5 Å². The van der Waals surface area contributed by atoms with Crippen LogP contribution in [0.3, 0.4) is 0 Å². The number of benzene rings is 2. The van der Waals surface area contributed by atoms with Gasteiger partial charge in [0.25, 0.3) is 6.01 Å². The van der Waals surface area contributed by atoms with Crippen LogP contribution in [-0.4, -0.2) is 43.1 Å². The summed E-state index contributed by atoms with van der Waals surface area (Å²) in [6, 6.07) is 13.4. The molecule has 4 aromatic rings. The van der Waals surface area contributed by atoms with Gasteiger partial charge in [-0.05, 0) is 62.4 Å². The van der Waals surface area contributed by atoms with Gasteiger partial charge in [0.1, 0.15) is 23.8 Å². The van der Waals surface area contributed by atoms with Gasteiger partial charge in [-0.15, -0.1) is 18.3 Å². The van der Waals surface area contributed by atoms with Crippen LogP contribution in [0.5, 0.6) is 17.5 Å². The molecule has 1 atom stereocenters. The summed E-state index contributed by atoms with van der Waals surface area (Å²) in [5.41, 5.74) is 2.29. The molecule has 0 aliphatic carbocycles. The average molecular weight is 471 g/mol. The van der Waals surface area contributed by atoms with Gasteiger partial charge in [-0.1, -0.05) is 5.21 Å². The van der Waals surface area contributed by atoms with Crippen molar-refractivity contribution in [3.63, 3.8) is 0 Å². The summed E-state index contributed by atoms with van der Waals surface area (Å²) in [5, 5.41) is 8.21. The summed E-state index contributed by atoms with van der Waals surface area (Å²) >= 11 is 0. The minimum absolute atomic E-state index is 0.295. The van der Waals surface area contributed by atoms with Crippen molar-refractivity contribution in [2.24, 2.45) is 0 Å². The number of rotatable bonds is 6. The maximum Gasteiger partial charge on any atom is 0.573 e. The number of alkyl halides is 3. The molecule has 0 saturated heterocycles. The lowest BCUT2D eigenvalue weighted by Crippen LogP contribution is -2.38. The lowest BCUT2D eigenvalue weighted by molar-refractivity contribution is -0.274. The first kappa shape index (κ1) is 21.8. The first-order valence-corrected chi connectivity index (χ1v) is 10.4. The quantitative estimate of drug-likeness (QED) is 0.410. The number of hydrogen-bond donors (Lipinski definition) is 0. The SMILES string of the molecule is Cc1cn2c(n1)OC(C)(COc1ccc(-n3cc(-c4ccc(OC(F)(F)F)cc4)nn3)cc1)C2. The molecule has 3 heterocycles. The average Bonchev–Trinajstić information content (AvgIpc) is 3.46. The molecule has 0 bridgehead atoms. The highest BCUT2D eigenvalue weighted by Gasteiger charge is 2.37. The van der Waals surface area contributed by atoms with Crippen molar-refractivity contribution >= 4 is 0 Å². The summed E-state index contributed by atoms with van der Waals surface area (Å²) in [6.45, 7) is 4.91. The fraction of sp³-hybridized carbons (Fsp3) is 0.261. The summed E-state index contributed by atoms with van der Waals surface area (Å²) in [6.07, 6.45) is -1.09. The van der Waals surface area contributed by atoms with Crippen molar-refractivity contribution in [2.45, 2.75) is 32.4 Å². The molecule has 0 spiro atoms. The van der Waals surface area contributed by atoms with Crippen molar-refractivity contribution in [1.82, 2.24) is 24.5 Å². The Morgan fingerprint density at radius 2 is 1.74 bits per heavy atom. The predicted octanol–water partition coefficient (Wildman–Crippen LogP) is 4.57. The molecule has 0 radical (unpaired) electrons. The zero-order chi connectivity index (χ0) is 23.9. The van der Waals surface area contributed by atoms with E-state index in [0.29, 0.717) is 36.2 Å². The number of ether oxygens (including phenoxy) is 3. The Balaban J connectivity index is 1.21. The van der Waals surface area contributed by atoms with Crippen LogP contribution in [0.4, 0.5) is 13.2 Å². The van der Waals surface area contributed by atoms with E-state index in [1.165, 1.54) is 24.3 Å². The predicted molar refractivity (Wildman–Crippen MR) is 115 cm³/mol. The highest BCUT2D eigenvalue weighted by molar-refractivity contribution is 5.59. The number of aromatic nitrogens is 5. The molecule has 2 aromatic heterocycles. The molecule has 5 rings (SSSR count). The fourth-order valence-corrected chi connectivity index (χ4v) is 3.69. The molecule has 1 aliphatic heterocycles. The molecule has 1 aliphatic rings. The zero-order valence-corrected chi connectivity index (χ0v) is 18.3. The molecular weight excluding hydrogens is 451 g/mol. The second-order valence-corrected chi connectivity index (χ2v) is 8.25. The summed E-state index contributed by atoms with van der Waals surface area (Å²) in [5.74, 6) is 0.381. The van der Waals surface area contributed by atoms with Gasteiger partial charge in [0.2, 0.25) is 0 Å². The van der Waals surface area contributed by atoms with Crippen LogP contribution in [0.15, 0.2) is 60.9 Å². The van der Waals surface area contributed by atoms with Gasteiger partial charge in [-0.25, -0.2) is 9.67 Å². The maximum absolute atomic E-state index is 12.3. The van der Waals surface area contributed by atoms with Crippen LogP contribution in [-0.2, 0) is 6.54 Å². The first-order chi connectivity index (χ1) is 16.2. The minimum atomic E-state index is -4.73. The monoisotopic (exact) mass is 471 g/mol. The van der Waals surface area contributed by atoms with E-state index < -0.39 is 12.0 Å². The van der Waals surface area contributed by atoms with E-state index >= 15 is 0 Å². The first-order valence-electron chi connectivity index (χ1n) is 10.4. The maximum atomic E-state index is 12.3. The van der Waals surface area contributed by atoms with Gasteiger partial charge < -0.3 is 14.2 Å².